The Morgan fingerprint density at radius 1 is 1.39 bits per heavy atom. The number of hydrogen-bond donors (Lipinski definition) is 1. The van der Waals surface area contributed by atoms with E-state index in [1.54, 1.807) is 6.20 Å². The molecule has 5 heteroatoms. The number of aromatic nitrogens is 2. The van der Waals surface area contributed by atoms with Gasteiger partial charge >= 0.3 is 5.97 Å². The summed E-state index contributed by atoms with van der Waals surface area (Å²) in [6.07, 6.45) is 2.98. The van der Waals surface area contributed by atoms with Gasteiger partial charge in [-0.3, -0.25) is 9.78 Å². The fourth-order valence-corrected chi connectivity index (χ4v) is 1.63. The average molecular weight is 244 g/mol. The van der Waals surface area contributed by atoms with Crippen molar-refractivity contribution in [2.24, 2.45) is 0 Å². The molecule has 0 aliphatic heterocycles. The molecule has 0 aliphatic rings. The van der Waals surface area contributed by atoms with E-state index in [4.69, 9.17) is 5.11 Å². The highest BCUT2D eigenvalue weighted by molar-refractivity contribution is 5.87. The summed E-state index contributed by atoms with van der Waals surface area (Å²) >= 11 is 0. The summed E-state index contributed by atoms with van der Waals surface area (Å²) in [4.78, 5) is 26.7. The molecule has 0 saturated heterocycles. The van der Waals surface area contributed by atoms with Gasteiger partial charge in [0.15, 0.2) is 0 Å². The molecular formula is C13H12N2O3. The van der Waals surface area contributed by atoms with E-state index in [0.29, 0.717) is 0 Å². The Morgan fingerprint density at radius 3 is 2.83 bits per heavy atom. The van der Waals surface area contributed by atoms with Gasteiger partial charge in [0.05, 0.1) is 17.8 Å². The maximum Gasteiger partial charge on any atom is 0.337 e. The minimum absolute atomic E-state index is 0.0863. The number of aromatic carboxylic acids is 1. The Morgan fingerprint density at radius 2 is 2.17 bits per heavy atom. The van der Waals surface area contributed by atoms with Crippen molar-refractivity contribution in [3.8, 4) is 0 Å². The molecule has 2 heterocycles. The number of carboxylic acid groups (broad SMARTS) is 1. The summed E-state index contributed by atoms with van der Waals surface area (Å²) in [5.74, 6) is -1.05. The van der Waals surface area contributed by atoms with Crippen molar-refractivity contribution in [2.45, 2.75) is 13.5 Å². The molecule has 0 aliphatic carbocycles. The van der Waals surface area contributed by atoms with Gasteiger partial charge in [0.1, 0.15) is 0 Å². The molecule has 2 aromatic heterocycles. The van der Waals surface area contributed by atoms with E-state index < -0.39 is 5.97 Å². The molecule has 92 valence electrons. The van der Waals surface area contributed by atoms with Crippen LogP contribution in [-0.4, -0.2) is 20.6 Å². The lowest BCUT2D eigenvalue weighted by atomic mass is 10.2. The topological polar surface area (TPSA) is 72.2 Å². The van der Waals surface area contributed by atoms with Crippen LogP contribution < -0.4 is 5.56 Å². The number of nitrogens with zero attached hydrogens (tertiary/aromatic N) is 2. The van der Waals surface area contributed by atoms with Gasteiger partial charge in [-0.2, -0.15) is 0 Å². The normalized spacial score (nSPS) is 10.3. The van der Waals surface area contributed by atoms with Crippen LogP contribution in [0.25, 0.3) is 0 Å². The Hall–Kier alpha value is -2.43. The summed E-state index contributed by atoms with van der Waals surface area (Å²) in [7, 11) is 0. The van der Waals surface area contributed by atoms with Crippen molar-refractivity contribution in [1.82, 2.24) is 9.55 Å². The van der Waals surface area contributed by atoms with Crippen LogP contribution >= 0.6 is 0 Å². The summed E-state index contributed by atoms with van der Waals surface area (Å²) in [5, 5.41) is 8.89. The molecule has 0 atom stereocenters. The van der Waals surface area contributed by atoms with E-state index in [9.17, 15) is 9.59 Å². The molecule has 0 amide bonds. The van der Waals surface area contributed by atoms with E-state index in [2.05, 4.69) is 4.98 Å². The maximum atomic E-state index is 11.7. The van der Waals surface area contributed by atoms with E-state index in [-0.39, 0.29) is 17.7 Å². The molecule has 0 fully saturated rings. The average Bonchev–Trinajstić information content (AvgIpc) is 2.34. The fourth-order valence-electron chi connectivity index (χ4n) is 1.63. The third-order valence-electron chi connectivity index (χ3n) is 2.67. The molecule has 0 aromatic carbocycles. The molecular weight excluding hydrogens is 232 g/mol. The third kappa shape index (κ3) is 2.45. The second-order valence-corrected chi connectivity index (χ2v) is 3.96. The Bertz CT molecular complexity index is 647. The zero-order valence-electron chi connectivity index (χ0n) is 9.83. The van der Waals surface area contributed by atoms with Crippen LogP contribution in [0.3, 0.4) is 0 Å². The SMILES string of the molecule is Cc1cccnc1Cn1cc(C(=O)O)ccc1=O. The molecule has 1 N–H and O–H groups in total. The number of carbonyl (C=O) groups is 1. The Balaban J connectivity index is 2.40. The van der Waals surface area contributed by atoms with Gasteiger partial charge in [-0.25, -0.2) is 4.79 Å². The summed E-state index contributed by atoms with van der Waals surface area (Å²) in [6, 6.07) is 6.26. The lowest BCUT2D eigenvalue weighted by Crippen LogP contribution is -2.21. The summed E-state index contributed by atoms with van der Waals surface area (Å²) in [5.41, 5.74) is 1.56. The third-order valence-corrected chi connectivity index (χ3v) is 2.67. The minimum atomic E-state index is -1.05. The van der Waals surface area contributed by atoms with Crippen LogP contribution in [0.5, 0.6) is 0 Å². The highest BCUT2D eigenvalue weighted by atomic mass is 16.4. The number of aryl methyl sites for hydroxylation is 1. The molecule has 2 rings (SSSR count). The van der Waals surface area contributed by atoms with Crippen molar-refractivity contribution >= 4 is 5.97 Å². The molecule has 0 spiro atoms. The number of carboxylic acids is 1. The predicted octanol–water partition coefficient (Wildman–Crippen LogP) is 1.30. The van der Waals surface area contributed by atoms with Gasteiger partial charge in [0.25, 0.3) is 5.56 Å². The molecule has 0 radical (unpaired) electrons. The van der Waals surface area contributed by atoms with Gasteiger partial charge in [0.2, 0.25) is 0 Å². The van der Waals surface area contributed by atoms with Crippen molar-refractivity contribution in [1.29, 1.82) is 0 Å². The Labute approximate surface area is 103 Å². The number of pyridine rings is 2. The smallest absolute Gasteiger partial charge is 0.337 e. The fraction of sp³-hybridized carbons (Fsp3) is 0.154. The first-order chi connectivity index (χ1) is 8.58. The first-order valence-electron chi connectivity index (χ1n) is 5.42. The standard InChI is InChI=1S/C13H12N2O3/c1-9-3-2-6-14-11(9)8-15-7-10(13(17)18)4-5-12(15)16/h2-7H,8H2,1H3,(H,17,18). The second kappa shape index (κ2) is 4.83. The van der Waals surface area contributed by atoms with E-state index in [0.717, 1.165) is 11.3 Å². The highest BCUT2D eigenvalue weighted by Crippen LogP contribution is 2.05. The first kappa shape index (κ1) is 12.0. The van der Waals surface area contributed by atoms with Crippen LogP contribution in [0.2, 0.25) is 0 Å². The lowest BCUT2D eigenvalue weighted by molar-refractivity contribution is 0.0696. The second-order valence-electron chi connectivity index (χ2n) is 3.96. The van der Waals surface area contributed by atoms with Crippen molar-refractivity contribution in [2.75, 3.05) is 0 Å². The number of hydrogen-bond acceptors (Lipinski definition) is 3. The van der Waals surface area contributed by atoms with Crippen molar-refractivity contribution < 1.29 is 9.90 Å². The molecule has 0 unspecified atom stereocenters. The van der Waals surface area contributed by atoms with Gasteiger partial charge in [-0.05, 0) is 24.6 Å². The van der Waals surface area contributed by atoms with E-state index in [1.807, 2.05) is 19.1 Å². The predicted molar refractivity (Wildman–Crippen MR) is 65.7 cm³/mol. The van der Waals surface area contributed by atoms with Crippen molar-refractivity contribution in [3.63, 3.8) is 0 Å². The highest BCUT2D eigenvalue weighted by Gasteiger charge is 2.07. The van der Waals surface area contributed by atoms with Crippen molar-refractivity contribution in [3.05, 3.63) is 63.8 Å². The van der Waals surface area contributed by atoms with Crippen LogP contribution in [0, 0.1) is 6.92 Å². The molecule has 18 heavy (non-hydrogen) atoms. The zero-order valence-corrected chi connectivity index (χ0v) is 9.83. The number of rotatable bonds is 3. The van der Waals surface area contributed by atoms with Gasteiger partial charge in [-0.15, -0.1) is 0 Å². The molecule has 5 nitrogen and oxygen atoms in total. The van der Waals surface area contributed by atoms with Gasteiger partial charge < -0.3 is 9.67 Å². The van der Waals surface area contributed by atoms with Crippen LogP contribution in [0.4, 0.5) is 0 Å². The monoisotopic (exact) mass is 244 g/mol. The van der Waals surface area contributed by atoms with Crippen LogP contribution in [0.1, 0.15) is 21.6 Å². The summed E-state index contributed by atoms with van der Waals surface area (Å²) in [6.45, 7) is 2.17. The van der Waals surface area contributed by atoms with Gasteiger partial charge in [0, 0.05) is 18.5 Å². The summed E-state index contributed by atoms with van der Waals surface area (Å²) < 4.78 is 1.35. The zero-order chi connectivity index (χ0) is 13.1. The lowest BCUT2D eigenvalue weighted by Gasteiger charge is -2.08. The largest absolute Gasteiger partial charge is 0.478 e. The maximum absolute atomic E-state index is 11.7. The quantitative estimate of drug-likeness (QED) is 0.883. The van der Waals surface area contributed by atoms with E-state index in [1.165, 1.54) is 22.9 Å². The Kier molecular flexibility index (Phi) is 3.23. The van der Waals surface area contributed by atoms with Gasteiger partial charge in [-0.1, -0.05) is 6.07 Å². The molecule has 0 bridgehead atoms. The minimum Gasteiger partial charge on any atom is -0.478 e. The first-order valence-corrected chi connectivity index (χ1v) is 5.42. The van der Waals surface area contributed by atoms with E-state index >= 15 is 0 Å². The molecule has 2 aromatic rings. The van der Waals surface area contributed by atoms with Crippen LogP contribution in [0.15, 0.2) is 41.5 Å². The molecule has 0 saturated carbocycles. The van der Waals surface area contributed by atoms with Crippen LogP contribution in [-0.2, 0) is 6.54 Å².